The quantitative estimate of drug-likeness (QED) is 0.669. The Morgan fingerprint density at radius 3 is 3.00 bits per heavy atom. The Labute approximate surface area is 73.1 Å². The summed E-state index contributed by atoms with van der Waals surface area (Å²) in [4.78, 5) is 20.2. The van der Waals surface area contributed by atoms with E-state index in [9.17, 15) is 4.79 Å². The lowest BCUT2D eigenvalue weighted by molar-refractivity contribution is 1.07. The Balaban J connectivity index is 2.98. The van der Waals surface area contributed by atoms with E-state index in [4.69, 9.17) is 0 Å². The third-order valence-corrected chi connectivity index (χ3v) is 2.59. The number of aromatic nitrogens is 2. The van der Waals surface area contributed by atoms with Crippen LogP contribution < -0.4 is 5.56 Å². The normalized spacial score (nSPS) is 10.8. The summed E-state index contributed by atoms with van der Waals surface area (Å²) in [6.45, 7) is 3.76. The van der Waals surface area contributed by atoms with Gasteiger partial charge < -0.3 is 4.98 Å². The van der Waals surface area contributed by atoms with Crippen LogP contribution in [0.25, 0.3) is 10.2 Å². The van der Waals surface area contributed by atoms with Crippen molar-refractivity contribution in [2.24, 2.45) is 0 Å². The molecule has 0 unspecified atom stereocenters. The van der Waals surface area contributed by atoms with E-state index in [1.54, 1.807) is 18.3 Å². The van der Waals surface area contributed by atoms with Gasteiger partial charge in [-0.15, -0.1) is 11.3 Å². The Morgan fingerprint density at radius 1 is 1.50 bits per heavy atom. The maximum absolute atomic E-state index is 11.3. The summed E-state index contributed by atoms with van der Waals surface area (Å²) >= 11 is 1.55. The number of hydrogen-bond donors (Lipinski definition) is 1. The summed E-state index contributed by atoms with van der Waals surface area (Å²) in [5, 5.41) is 0.697. The van der Waals surface area contributed by atoms with Gasteiger partial charge in [-0.05, 0) is 19.9 Å². The molecule has 0 spiro atoms. The monoisotopic (exact) mass is 180 g/mol. The number of rotatable bonds is 0. The van der Waals surface area contributed by atoms with Crippen molar-refractivity contribution < 1.29 is 0 Å². The number of aryl methyl sites for hydroxylation is 2. The number of nitrogens with zero attached hydrogens (tertiary/aromatic N) is 1. The molecule has 0 fully saturated rings. The average Bonchev–Trinajstić information content (AvgIpc) is 2.29. The summed E-state index contributed by atoms with van der Waals surface area (Å²) in [7, 11) is 0. The molecule has 2 aromatic rings. The molecule has 0 saturated carbocycles. The second-order valence-corrected chi connectivity index (χ2v) is 3.96. The molecule has 12 heavy (non-hydrogen) atoms. The molecular formula is C8H8N2OS. The van der Waals surface area contributed by atoms with Crippen LogP contribution in [0, 0.1) is 13.8 Å². The van der Waals surface area contributed by atoms with Crippen molar-refractivity contribution in [1.29, 1.82) is 0 Å². The van der Waals surface area contributed by atoms with Crippen LogP contribution in [0.5, 0.6) is 0 Å². The molecule has 4 heteroatoms. The minimum absolute atomic E-state index is 0.0400. The highest BCUT2D eigenvalue weighted by Gasteiger charge is 2.03. The standard InChI is InChI=1S/C8H8N2OS/c1-4-3-6-7(11)9-5(2)10-8(6)12-4/h3H,1-2H3,(H,9,10,11). The van der Waals surface area contributed by atoms with Gasteiger partial charge in [0, 0.05) is 4.88 Å². The molecule has 0 aromatic carbocycles. The number of thiophene rings is 1. The van der Waals surface area contributed by atoms with Gasteiger partial charge in [0.25, 0.3) is 5.56 Å². The third kappa shape index (κ3) is 1.04. The fourth-order valence-electron chi connectivity index (χ4n) is 1.16. The summed E-state index contributed by atoms with van der Waals surface area (Å²) < 4.78 is 0. The van der Waals surface area contributed by atoms with Gasteiger partial charge in [-0.3, -0.25) is 4.79 Å². The first-order chi connectivity index (χ1) is 5.66. The van der Waals surface area contributed by atoms with Crippen LogP contribution in [0.3, 0.4) is 0 Å². The van der Waals surface area contributed by atoms with Crippen LogP contribution >= 0.6 is 11.3 Å². The van der Waals surface area contributed by atoms with Gasteiger partial charge in [0.2, 0.25) is 0 Å². The number of nitrogens with one attached hydrogen (secondary N) is 1. The highest BCUT2D eigenvalue weighted by molar-refractivity contribution is 7.18. The fourth-order valence-corrected chi connectivity index (χ4v) is 2.09. The molecule has 0 bridgehead atoms. The molecular weight excluding hydrogens is 172 g/mol. The van der Waals surface area contributed by atoms with Crippen molar-refractivity contribution >= 4 is 21.6 Å². The third-order valence-electron chi connectivity index (χ3n) is 1.64. The number of hydrogen-bond acceptors (Lipinski definition) is 3. The minimum Gasteiger partial charge on any atom is -0.310 e. The zero-order valence-corrected chi connectivity index (χ0v) is 7.66. The van der Waals surface area contributed by atoms with Gasteiger partial charge in [0.15, 0.2) is 0 Å². The molecule has 0 aliphatic heterocycles. The SMILES string of the molecule is Cc1nc2sc(C)cc2c(=O)[nH]1. The first-order valence-electron chi connectivity index (χ1n) is 3.64. The fraction of sp³-hybridized carbons (Fsp3) is 0.250. The summed E-state index contributed by atoms with van der Waals surface area (Å²) in [6.07, 6.45) is 0. The lowest BCUT2D eigenvalue weighted by Gasteiger charge is -1.90. The molecule has 0 saturated heterocycles. The molecule has 0 amide bonds. The predicted octanol–water partition coefficient (Wildman–Crippen LogP) is 1.60. The van der Waals surface area contributed by atoms with Crippen molar-refractivity contribution in [3.05, 3.63) is 27.1 Å². The number of fused-ring (bicyclic) bond motifs is 1. The smallest absolute Gasteiger partial charge is 0.259 e. The van der Waals surface area contributed by atoms with Crippen LogP contribution in [0.1, 0.15) is 10.7 Å². The predicted molar refractivity (Wildman–Crippen MR) is 49.7 cm³/mol. The van der Waals surface area contributed by atoms with Crippen LogP contribution in [0.15, 0.2) is 10.9 Å². The Kier molecular flexibility index (Phi) is 1.51. The first kappa shape index (κ1) is 7.49. The van der Waals surface area contributed by atoms with Gasteiger partial charge in [-0.2, -0.15) is 0 Å². The molecule has 1 N–H and O–H groups in total. The van der Waals surface area contributed by atoms with Crippen molar-refractivity contribution in [3.8, 4) is 0 Å². The molecule has 0 atom stereocenters. The maximum Gasteiger partial charge on any atom is 0.259 e. The van der Waals surface area contributed by atoms with E-state index in [2.05, 4.69) is 9.97 Å². The lowest BCUT2D eigenvalue weighted by atomic mass is 10.4. The minimum atomic E-state index is -0.0400. The van der Waals surface area contributed by atoms with Crippen molar-refractivity contribution in [3.63, 3.8) is 0 Å². The zero-order valence-electron chi connectivity index (χ0n) is 6.84. The largest absolute Gasteiger partial charge is 0.310 e. The van der Waals surface area contributed by atoms with Gasteiger partial charge in [0.05, 0.1) is 5.39 Å². The van der Waals surface area contributed by atoms with Crippen molar-refractivity contribution in [2.45, 2.75) is 13.8 Å². The lowest BCUT2D eigenvalue weighted by Crippen LogP contribution is -2.07. The summed E-state index contributed by atoms with van der Waals surface area (Å²) in [5.74, 6) is 0.675. The Morgan fingerprint density at radius 2 is 2.25 bits per heavy atom. The summed E-state index contributed by atoms with van der Waals surface area (Å²) in [6, 6.07) is 1.87. The highest BCUT2D eigenvalue weighted by atomic mass is 32.1. The maximum atomic E-state index is 11.3. The second-order valence-electron chi connectivity index (χ2n) is 2.73. The highest BCUT2D eigenvalue weighted by Crippen LogP contribution is 2.19. The van der Waals surface area contributed by atoms with Gasteiger partial charge in [0.1, 0.15) is 10.7 Å². The molecule has 2 aromatic heterocycles. The van der Waals surface area contributed by atoms with E-state index in [1.807, 2.05) is 13.0 Å². The molecule has 3 nitrogen and oxygen atoms in total. The molecule has 2 heterocycles. The van der Waals surface area contributed by atoms with E-state index >= 15 is 0 Å². The van der Waals surface area contributed by atoms with Crippen LogP contribution in [0.4, 0.5) is 0 Å². The number of H-pyrrole nitrogens is 1. The van der Waals surface area contributed by atoms with E-state index in [0.717, 1.165) is 9.71 Å². The van der Waals surface area contributed by atoms with E-state index < -0.39 is 0 Å². The molecule has 0 aliphatic carbocycles. The van der Waals surface area contributed by atoms with Crippen molar-refractivity contribution in [2.75, 3.05) is 0 Å². The molecule has 0 radical (unpaired) electrons. The van der Waals surface area contributed by atoms with Gasteiger partial charge >= 0.3 is 0 Å². The van der Waals surface area contributed by atoms with E-state index in [0.29, 0.717) is 11.2 Å². The topological polar surface area (TPSA) is 45.8 Å². The van der Waals surface area contributed by atoms with Crippen molar-refractivity contribution in [1.82, 2.24) is 9.97 Å². The second kappa shape index (κ2) is 2.42. The Hall–Kier alpha value is -1.16. The first-order valence-corrected chi connectivity index (χ1v) is 4.45. The van der Waals surface area contributed by atoms with Crippen LogP contribution in [-0.4, -0.2) is 9.97 Å². The average molecular weight is 180 g/mol. The van der Waals surface area contributed by atoms with E-state index in [1.165, 1.54) is 0 Å². The molecule has 62 valence electrons. The molecule has 2 rings (SSSR count). The Bertz CT molecular complexity index is 483. The van der Waals surface area contributed by atoms with Crippen LogP contribution in [0.2, 0.25) is 0 Å². The van der Waals surface area contributed by atoms with E-state index in [-0.39, 0.29) is 5.56 Å². The van der Waals surface area contributed by atoms with Crippen LogP contribution in [-0.2, 0) is 0 Å². The van der Waals surface area contributed by atoms with Gasteiger partial charge in [-0.1, -0.05) is 0 Å². The summed E-state index contributed by atoms with van der Waals surface area (Å²) in [5.41, 5.74) is -0.0400. The zero-order chi connectivity index (χ0) is 8.72. The molecule has 0 aliphatic rings. The number of aromatic amines is 1. The van der Waals surface area contributed by atoms with Gasteiger partial charge in [-0.25, -0.2) is 4.98 Å².